The Kier molecular flexibility index (Phi) is 2.95. The van der Waals surface area contributed by atoms with Crippen LogP contribution < -0.4 is 0 Å². The van der Waals surface area contributed by atoms with E-state index in [1.807, 2.05) is 0 Å². The Morgan fingerprint density at radius 3 is 3.00 bits per heavy atom. The van der Waals surface area contributed by atoms with Crippen molar-refractivity contribution < 1.29 is 0 Å². The van der Waals surface area contributed by atoms with Crippen LogP contribution >= 0.6 is 0 Å². The standard InChI is InChI=1S/C14H23N3/c1-11-5-6-13-8-15-14(17(13)9-11)12-4-3-7-16(2)10-12/h8,11-12H,3-7,9-10H2,1-2H3. The molecule has 1 aromatic rings. The highest BCUT2D eigenvalue weighted by Crippen LogP contribution is 2.29. The highest BCUT2D eigenvalue weighted by atomic mass is 15.1. The van der Waals surface area contributed by atoms with Gasteiger partial charge in [0, 0.05) is 30.9 Å². The van der Waals surface area contributed by atoms with E-state index in [0.717, 1.165) is 5.92 Å². The number of piperidine rings is 1. The van der Waals surface area contributed by atoms with Crippen LogP contribution in [0.4, 0.5) is 0 Å². The number of nitrogens with zero attached hydrogens (tertiary/aromatic N) is 3. The Morgan fingerprint density at radius 2 is 2.18 bits per heavy atom. The predicted octanol–water partition coefficient (Wildman–Crippen LogP) is 2.27. The minimum atomic E-state index is 0.660. The SMILES string of the molecule is CC1CCc2cnc(C3CCCN(C)C3)n2C1. The smallest absolute Gasteiger partial charge is 0.113 e. The molecule has 1 aromatic heterocycles. The van der Waals surface area contributed by atoms with Gasteiger partial charge in [0.15, 0.2) is 0 Å². The number of likely N-dealkylation sites (N-methyl/N-ethyl adjacent to an activating group) is 1. The molecule has 2 unspecified atom stereocenters. The molecule has 1 saturated heterocycles. The second-order valence-corrected chi connectivity index (χ2v) is 5.96. The Balaban J connectivity index is 1.85. The molecule has 2 atom stereocenters. The van der Waals surface area contributed by atoms with Gasteiger partial charge in [0.1, 0.15) is 5.82 Å². The van der Waals surface area contributed by atoms with E-state index in [2.05, 4.69) is 29.6 Å². The highest BCUT2D eigenvalue weighted by Gasteiger charge is 2.26. The van der Waals surface area contributed by atoms with Crippen molar-refractivity contribution in [3.8, 4) is 0 Å². The third-order valence-electron chi connectivity index (χ3n) is 4.35. The summed E-state index contributed by atoms with van der Waals surface area (Å²) >= 11 is 0. The van der Waals surface area contributed by atoms with Crippen LogP contribution in [0.25, 0.3) is 0 Å². The molecule has 0 spiro atoms. The van der Waals surface area contributed by atoms with Gasteiger partial charge in [-0.3, -0.25) is 0 Å². The predicted molar refractivity (Wildman–Crippen MR) is 69.2 cm³/mol. The van der Waals surface area contributed by atoms with Crippen LogP contribution in [-0.4, -0.2) is 34.6 Å². The molecular weight excluding hydrogens is 210 g/mol. The lowest BCUT2D eigenvalue weighted by atomic mass is 9.96. The molecule has 1 fully saturated rings. The van der Waals surface area contributed by atoms with E-state index in [1.54, 1.807) is 0 Å². The number of hydrogen-bond donors (Lipinski definition) is 0. The number of hydrogen-bond acceptors (Lipinski definition) is 2. The summed E-state index contributed by atoms with van der Waals surface area (Å²) < 4.78 is 2.51. The van der Waals surface area contributed by atoms with Crippen LogP contribution in [0.15, 0.2) is 6.20 Å². The molecule has 0 N–H and O–H groups in total. The van der Waals surface area contributed by atoms with Crippen LogP contribution in [0.5, 0.6) is 0 Å². The normalized spacial score (nSPS) is 30.2. The topological polar surface area (TPSA) is 21.1 Å². The molecule has 2 aliphatic rings. The molecule has 94 valence electrons. The number of imidazole rings is 1. The van der Waals surface area contributed by atoms with Crippen molar-refractivity contribution in [1.82, 2.24) is 14.5 Å². The van der Waals surface area contributed by atoms with Crippen LogP contribution in [0.3, 0.4) is 0 Å². The molecule has 0 amide bonds. The molecule has 0 bridgehead atoms. The average molecular weight is 233 g/mol. The Morgan fingerprint density at radius 1 is 1.29 bits per heavy atom. The van der Waals surface area contributed by atoms with E-state index < -0.39 is 0 Å². The lowest BCUT2D eigenvalue weighted by molar-refractivity contribution is 0.239. The van der Waals surface area contributed by atoms with Crippen molar-refractivity contribution >= 4 is 0 Å². The summed E-state index contributed by atoms with van der Waals surface area (Å²) in [6.45, 7) is 5.98. The van der Waals surface area contributed by atoms with Gasteiger partial charge >= 0.3 is 0 Å². The molecule has 3 heteroatoms. The van der Waals surface area contributed by atoms with Crippen LogP contribution in [0.1, 0.15) is 43.6 Å². The van der Waals surface area contributed by atoms with Gasteiger partial charge in [-0.05, 0) is 45.2 Å². The van der Waals surface area contributed by atoms with Crippen molar-refractivity contribution in [2.75, 3.05) is 20.1 Å². The van der Waals surface area contributed by atoms with E-state index in [9.17, 15) is 0 Å². The highest BCUT2D eigenvalue weighted by molar-refractivity contribution is 5.13. The quantitative estimate of drug-likeness (QED) is 0.742. The Hall–Kier alpha value is -0.830. The fraction of sp³-hybridized carbons (Fsp3) is 0.786. The van der Waals surface area contributed by atoms with Gasteiger partial charge in [-0.25, -0.2) is 4.98 Å². The fourth-order valence-corrected chi connectivity index (χ4v) is 3.34. The lowest BCUT2D eigenvalue weighted by Crippen LogP contribution is -2.33. The van der Waals surface area contributed by atoms with Gasteiger partial charge in [0.2, 0.25) is 0 Å². The second-order valence-electron chi connectivity index (χ2n) is 5.96. The van der Waals surface area contributed by atoms with E-state index in [1.165, 1.54) is 56.8 Å². The monoisotopic (exact) mass is 233 g/mol. The van der Waals surface area contributed by atoms with Crippen molar-refractivity contribution in [1.29, 1.82) is 0 Å². The van der Waals surface area contributed by atoms with Gasteiger partial charge < -0.3 is 9.47 Å². The van der Waals surface area contributed by atoms with Crippen LogP contribution in [0, 0.1) is 5.92 Å². The maximum atomic E-state index is 4.73. The van der Waals surface area contributed by atoms with E-state index in [-0.39, 0.29) is 0 Å². The van der Waals surface area contributed by atoms with Gasteiger partial charge in [0.05, 0.1) is 0 Å². The van der Waals surface area contributed by atoms with Crippen LogP contribution in [-0.2, 0) is 13.0 Å². The molecule has 2 aliphatic heterocycles. The first-order chi connectivity index (χ1) is 8.24. The zero-order valence-electron chi connectivity index (χ0n) is 11.0. The molecule has 3 nitrogen and oxygen atoms in total. The molecule has 3 rings (SSSR count). The molecule has 0 aromatic carbocycles. The van der Waals surface area contributed by atoms with Gasteiger partial charge in [-0.2, -0.15) is 0 Å². The lowest BCUT2D eigenvalue weighted by Gasteiger charge is -2.31. The number of rotatable bonds is 1. The molecule has 0 radical (unpaired) electrons. The summed E-state index contributed by atoms with van der Waals surface area (Å²) in [7, 11) is 2.23. The summed E-state index contributed by atoms with van der Waals surface area (Å²) in [5, 5.41) is 0. The van der Waals surface area contributed by atoms with E-state index in [0.29, 0.717) is 5.92 Å². The van der Waals surface area contributed by atoms with Gasteiger partial charge in [-0.15, -0.1) is 0 Å². The molecule has 17 heavy (non-hydrogen) atoms. The first kappa shape index (κ1) is 11.3. The van der Waals surface area contributed by atoms with E-state index in [4.69, 9.17) is 4.98 Å². The first-order valence-electron chi connectivity index (χ1n) is 6.97. The zero-order valence-corrected chi connectivity index (χ0v) is 11.0. The third kappa shape index (κ3) is 2.13. The van der Waals surface area contributed by atoms with Crippen LogP contribution in [0.2, 0.25) is 0 Å². The first-order valence-corrected chi connectivity index (χ1v) is 6.97. The summed E-state index contributed by atoms with van der Waals surface area (Å²) in [6.07, 6.45) is 7.30. The zero-order chi connectivity index (χ0) is 11.8. The molecule has 3 heterocycles. The Bertz CT molecular complexity index is 396. The largest absolute Gasteiger partial charge is 0.332 e. The number of fused-ring (bicyclic) bond motifs is 1. The Labute approximate surface area is 104 Å². The number of likely N-dealkylation sites (tertiary alicyclic amines) is 1. The summed E-state index contributed by atoms with van der Waals surface area (Å²) in [6, 6.07) is 0. The minimum absolute atomic E-state index is 0.660. The molecular formula is C14H23N3. The molecule has 0 saturated carbocycles. The van der Waals surface area contributed by atoms with Crippen molar-refractivity contribution in [2.24, 2.45) is 5.92 Å². The fourth-order valence-electron chi connectivity index (χ4n) is 3.34. The third-order valence-corrected chi connectivity index (χ3v) is 4.35. The summed E-state index contributed by atoms with van der Waals surface area (Å²) in [4.78, 5) is 7.17. The van der Waals surface area contributed by atoms with Gasteiger partial charge in [0.25, 0.3) is 0 Å². The number of aromatic nitrogens is 2. The van der Waals surface area contributed by atoms with Crippen molar-refractivity contribution in [3.63, 3.8) is 0 Å². The average Bonchev–Trinajstić information content (AvgIpc) is 2.71. The summed E-state index contributed by atoms with van der Waals surface area (Å²) in [5.74, 6) is 2.84. The van der Waals surface area contributed by atoms with E-state index >= 15 is 0 Å². The maximum absolute atomic E-state index is 4.73. The molecule has 0 aliphatic carbocycles. The number of aryl methyl sites for hydroxylation is 1. The second kappa shape index (κ2) is 4.45. The van der Waals surface area contributed by atoms with Gasteiger partial charge in [-0.1, -0.05) is 6.92 Å². The maximum Gasteiger partial charge on any atom is 0.113 e. The van der Waals surface area contributed by atoms with Crippen molar-refractivity contribution in [3.05, 3.63) is 17.7 Å². The van der Waals surface area contributed by atoms with Crippen molar-refractivity contribution in [2.45, 2.75) is 45.1 Å². The summed E-state index contributed by atoms with van der Waals surface area (Å²) in [5.41, 5.74) is 1.46. The minimum Gasteiger partial charge on any atom is -0.332 e.